The highest BCUT2D eigenvalue weighted by atomic mass is 35.5. The number of halogens is 2. The number of hydrogen-bond donors (Lipinski definition) is 2. The summed E-state index contributed by atoms with van der Waals surface area (Å²) in [6.45, 7) is 2.33. The van der Waals surface area contributed by atoms with Gasteiger partial charge in [0.25, 0.3) is 0 Å². The maximum absolute atomic E-state index is 12.9. The van der Waals surface area contributed by atoms with Crippen LogP contribution in [-0.2, 0) is 11.3 Å². The van der Waals surface area contributed by atoms with Crippen molar-refractivity contribution in [1.29, 1.82) is 0 Å². The number of carbonyl (C=O) groups excluding carboxylic acids is 1. The van der Waals surface area contributed by atoms with Gasteiger partial charge in [0.05, 0.1) is 5.25 Å². The third-order valence-electron chi connectivity index (χ3n) is 3.52. The second-order valence-electron chi connectivity index (χ2n) is 5.61. The lowest BCUT2D eigenvalue weighted by Gasteiger charge is -2.10. The Morgan fingerprint density at radius 2 is 1.89 bits per heavy atom. The molecule has 0 radical (unpaired) electrons. The van der Waals surface area contributed by atoms with Gasteiger partial charge in [-0.1, -0.05) is 46.8 Å². The van der Waals surface area contributed by atoms with Crippen molar-refractivity contribution in [3.63, 3.8) is 0 Å². The Hall–Kier alpha value is -2.16. The first-order valence-corrected chi connectivity index (χ1v) is 10.1. The van der Waals surface area contributed by atoms with Crippen LogP contribution in [-0.4, -0.2) is 21.4 Å². The van der Waals surface area contributed by atoms with Crippen molar-refractivity contribution in [2.45, 2.75) is 23.1 Å². The zero-order valence-electron chi connectivity index (χ0n) is 14.3. The van der Waals surface area contributed by atoms with Crippen LogP contribution in [0.15, 0.2) is 52.9 Å². The van der Waals surface area contributed by atoms with Gasteiger partial charge in [-0.3, -0.25) is 4.79 Å². The van der Waals surface area contributed by atoms with Crippen molar-refractivity contribution in [1.82, 2.24) is 10.2 Å². The van der Waals surface area contributed by atoms with Gasteiger partial charge < -0.3 is 10.6 Å². The number of nitrogens with zero attached hydrogens (tertiary/aromatic N) is 2. The highest BCUT2D eigenvalue weighted by Crippen LogP contribution is 2.29. The van der Waals surface area contributed by atoms with E-state index in [9.17, 15) is 9.18 Å². The number of aromatic nitrogens is 2. The molecule has 2 N–H and O–H groups in total. The van der Waals surface area contributed by atoms with E-state index in [4.69, 9.17) is 11.6 Å². The van der Waals surface area contributed by atoms with Crippen LogP contribution in [0.3, 0.4) is 0 Å². The van der Waals surface area contributed by atoms with Crippen LogP contribution in [0, 0.1) is 5.82 Å². The molecule has 5 nitrogen and oxygen atoms in total. The van der Waals surface area contributed by atoms with Gasteiger partial charge in [-0.25, -0.2) is 4.39 Å². The molecular weight excluding hydrogens is 407 g/mol. The van der Waals surface area contributed by atoms with Crippen LogP contribution in [0.4, 0.5) is 15.2 Å². The summed E-state index contributed by atoms with van der Waals surface area (Å²) in [5.74, 6) is -0.391. The lowest BCUT2D eigenvalue weighted by molar-refractivity contribution is -0.115. The predicted molar refractivity (Wildman–Crippen MR) is 109 cm³/mol. The topological polar surface area (TPSA) is 66.9 Å². The molecule has 3 rings (SSSR count). The Morgan fingerprint density at radius 1 is 1.19 bits per heavy atom. The SMILES string of the molecule is CC(Sc1nnc(NCc2ccc(F)cc2)s1)C(=O)Nc1ccc(Cl)cc1. The molecule has 9 heteroatoms. The molecule has 0 saturated heterocycles. The molecule has 0 aliphatic carbocycles. The molecule has 1 atom stereocenters. The van der Waals surface area contributed by atoms with E-state index in [1.54, 1.807) is 36.4 Å². The fraction of sp³-hybridized carbons (Fsp3) is 0.167. The van der Waals surface area contributed by atoms with Crippen molar-refractivity contribution >= 4 is 51.4 Å². The van der Waals surface area contributed by atoms with Gasteiger partial charge in [0.2, 0.25) is 11.0 Å². The zero-order valence-corrected chi connectivity index (χ0v) is 16.7. The molecule has 0 bridgehead atoms. The standard InChI is InChI=1S/C18H16ClFN4OS2/c1-11(16(25)22-15-8-4-13(19)5-9-15)26-18-24-23-17(27-18)21-10-12-2-6-14(20)7-3-12/h2-9,11H,10H2,1H3,(H,21,23)(H,22,25). The maximum atomic E-state index is 12.9. The van der Waals surface area contributed by atoms with Gasteiger partial charge in [0, 0.05) is 17.3 Å². The lowest BCUT2D eigenvalue weighted by Crippen LogP contribution is -2.22. The van der Waals surface area contributed by atoms with Crippen molar-refractivity contribution in [2.75, 3.05) is 10.6 Å². The summed E-state index contributed by atoms with van der Waals surface area (Å²) in [4.78, 5) is 12.3. The first-order chi connectivity index (χ1) is 13.0. The fourth-order valence-electron chi connectivity index (χ4n) is 2.09. The van der Waals surface area contributed by atoms with Crippen LogP contribution >= 0.6 is 34.7 Å². The summed E-state index contributed by atoms with van der Waals surface area (Å²) in [5.41, 5.74) is 1.63. The molecule has 0 spiro atoms. The van der Waals surface area contributed by atoms with Crippen LogP contribution in [0.5, 0.6) is 0 Å². The minimum Gasteiger partial charge on any atom is -0.356 e. The van der Waals surface area contributed by atoms with Crippen LogP contribution in [0.25, 0.3) is 0 Å². The molecule has 1 aromatic heterocycles. The number of thioether (sulfide) groups is 1. The Kier molecular flexibility index (Phi) is 6.65. The molecule has 0 saturated carbocycles. The van der Waals surface area contributed by atoms with Gasteiger partial charge in [-0.05, 0) is 48.9 Å². The summed E-state index contributed by atoms with van der Waals surface area (Å²) in [6.07, 6.45) is 0. The van der Waals surface area contributed by atoms with E-state index in [0.29, 0.717) is 26.7 Å². The molecular formula is C18H16ClFN4OS2. The minimum absolute atomic E-state index is 0.127. The van der Waals surface area contributed by atoms with E-state index in [-0.39, 0.29) is 17.0 Å². The first kappa shape index (κ1) is 19.6. The van der Waals surface area contributed by atoms with E-state index < -0.39 is 0 Å². The number of hydrogen-bond acceptors (Lipinski definition) is 6. The van der Waals surface area contributed by atoms with E-state index in [1.165, 1.54) is 35.2 Å². The molecule has 0 aliphatic heterocycles. The number of rotatable bonds is 7. The van der Waals surface area contributed by atoms with Gasteiger partial charge in [0.1, 0.15) is 5.82 Å². The average molecular weight is 423 g/mol. The molecule has 1 amide bonds. The number of anilines is 2. The first-order valence-electron chi connectivity index (χ1n) is 8.04. The Labute approximate surface area is 169 Å². The molecule has 2 aromatic carbocycles. The molecule has 1 unspecified atom stereocenters. The van der Waals surface area contributed by atoms with Crippen LogP contribution in [0.2, 0.25) is 5.02 Å². The van der Waals surface area contributed by atoms with Gasteiger partial charge >= 0.3 is 0 Å². The Balaban J connectivity index is 1.50. The number of nitrogens with one attached hydrogen (secondary N) is 2. The van der Waals surface area contributed by atoms with Crippen molar-refractivity contribution < 1.29 is 9.18 Å². The number of carbonyl (C=O) groups is 1. The quantitative estimate of drug-likeness (QED) is 0.521. The van der Waals surface area contributed by atoms with Gasteiger partial charge in [0.15, 0.2) is 4.34 Å². The van der Waals surface area contributed by atoms with Crippen molar-refractivity contribution in [3.05, 3.63) is 64.9 Å². The van der Waals surface area contributed by atoms with E-state index in [0.717, 1.165) is 5.56 Å². The fourth-order valence-corrected chi connectivity index (χ4v) is 4.11. The summed E-state index contributed by atoms with van der Waals surface area (Å²) >= 11 is 8.54. The number of benzene rings is 2. The minimum atomic E-state index is -0.335. The smallest absolute Gasteiger partial charge is 0.237 e. The summed E-state index contributed by atoms with van der Waals surface area (Å²) in [5, 5.41) is 15.1. The largest absolute Gasteiger partial charge is 0.356 e. The van der Waals surface area contributed by atoms with Crippen molar-refractivity contribution in [3.8, 4) is 0 Å². The average Bonchev–Trinajstić information content (AvgIpc) is 3.10. The van der Waals surface area contributed by atoms with E-state index >= 15 is 0 Å². The highest BCUT2D eigenvalue weighted by molar-refractivity contribution is 8.02. The second-order valence-corrected chi connectivity index (χ2v) is 8.61. The molecule has 27 heavy (non-hydrogen) atoms. The normalized spacial score (nSPS) is 11.8. The molecule has 1 heterocycles. The number of amides is 1. The second kappa shape index (κ2) is 9.16. The van der Waals surface area contributed by atoms with Crippen LogP contribution in [0.1, 0.15) is 12.5 Å². The van der Waals surface area contributed by atoms with Gasteiger partial charge in [-0.2, -0.15) is 0 Å². The van der Waals surface area contributed by atoms with Crippen LogP contribution < -0.4 is 10.6 Å². The summed E-state index contributed by atoms with van der Waals surface area (Å²) in [6, 6.07) is 13.2. The molecule has 0 aliphatic rings. The predicted octanol–water partition coefficient (Wildman–Crippen LogP) is 5.06. The third kappa shape index (κ3) is 5.92. The van der Waals surface area contributed by atoms with Gasteiger partial charge in [-0.15, -0.1) is 10.2 Å². The van der Waals surface area contributed by atoms with E-state index in [1.807, 2.05) is 6.92 Å². The van der Waals surface area contributed by atoms with E-state index in [2.05, 4.69) is 20.8 Å². The lowest BCUT2D eigenvalue weighted by atomic mass is 10.2. The third-order valence-corrected chi connectivity index (χ3v) is 5.84. The molecule has 3 aromatic rings. The Bertz CT molecular complexity index is 902. The maximum Gasteiger partial charge on any atom is 0.237 e. The Morgan fingerprint density at radius 3 is 2.59 bits per heavy atom. The highest BCUT2D eigenvalue weighted by Gasteiger charge is 2.17. The molecule has 140 valence electrons. The monoisotopic (exact) mass is 422 g/mol. The summed E-state index contributed by atoms with van der Waals surface area (Å²) < 4.78 is 13.6. The summed E-state index contributed by atoms with van der Waals surface area (Å²) in [7, 11) is 0. The zero-order chi connectivity index (χ0) is 19.2. The molecule has 0 fully saturated rings. The van der Waals surface area contributed by atoms with Crippen molar-refractivity contribution in [2.24, 2.45) is 0 Å².